The number of rotatable bonds is 2. The van der Waals surface area contributed by atoms with Crippen molar-refractivity contribution >= 4 is 10.9 Å². The maximum atomic E-state index is 10.0. The van der Waals surface area contributed by atoms with E-state index < -0.39 is 5.60 Å². The van der Waals surface area contributed by atoms with E-state index in [1.165, 1.54) is 10.9 Å². The minimum atomic E-state index is -0.524. The molecule has 78 valence electrons. The van der Waals surface area contributed by atoms with E-state index in [1.54, 1.807) is 0 Å². The summed E-state index contributed by atoms with van der Waals surface area (Å²) in [6.07, 6.45) is 2.68. The zero-order chi connectivity index (χ0) is 10.3. The molecule has 0 atom stereocenters. The van der Waals surface area contributed by atoms with Crippen molar-refractivity contribution in [2.24, 2.45) is 0 Å². The molecule has 1 aliphatic rings. The highest BCUT2D eigenvalue weighted by Gasteiger charge is 2.34. The van der Waals surface area contributed by atoms with Crippen molar-refractivity contribution in [3.63, 3.8) is 0 Å². The van der Waals surface area contributed by atoms with E-state index in [9.17, 15) is 5.11 Å². The van der Waals surface area contributed by atoms with Crippen LogP contribution in [0.4, 0.5) is 0 Å². The zero-order valence-electron chi connectivity index (χ0n) is 8.46. The molecule has 3 heteroatoms. The van der Waals surface area contributed by atoms with Gasteiger partial charge in [0.15, 0.2) is 0 Å². The third-order valence-electron chi connectivity index (χ3n) is 3.06. The molecular formula is C12H14N2O. The Balaban J connectivity index is 1.90. The highest BCUT2D eigenvalue weighted by atomic mass is 16.3. The Morgan fingerprint density at radius 1 is 1.27 bits per heavy atom. The fourth-order valence-corrected chi connectivity index (χ4v) is 2.13. The molecule has 2 aromatic rings. The van der Waals surface area contributed by atoms with E-state index in [-0.39, 0.29) is 0 Å². The standard InChI is InChI=1S/C12H14N2O/c15-12(7-13-8-12)6-9-1-2-11-10(5-9)3-4-14-11/h1-5,13-15H,6-8H2. The van der Waals surface area contributed by atoms with E-state index in [1.807, 2.05) is 6.20 Å². The van der Waals surface area contributed by atoms with Gasteiger partial charge in [-0.15, -0.1) is 0 Å². The predicted molar refractivity (Wildman–Crippen MR) is 59.8 cm³/mol. The molecule has 2 heterocycles. The van der Waals surface area contributed by atoms with Crippen LogP contribution in [0.2, 0.25) is 0 Å². The van der Waals surface area contributed by atoms with Crippen molar-refractivity contribution in [3.8, 4) is 0 Å². The SMILES string of the molecule is OC1(Cc2ccc3[nH]ccc3c2)CNC1. The molecule has 1 fully saturated rings. The second-order valence-corrected chi connectivity index (χ2v) is 4.40. The predicted octanol–water partition coefficient (Wildman–Crippen LogP) is 1.04. The minimum Gasteiger partial charge on any atom is -0.387 e. The van der Waals surface area contributed by atoms with Gasteiger partial charge in [-0.1, -0.05) is 6.07 Å². The van der Waals surface area contributed by atoms with Gasteiger partial charge in [0.25, 0.3) is 0 Å². The number of hydrogen-bond acceptors (Lipinski definition) is 2. The van der Waals surface area contributed by atoms with Gasteiger partial charge in [0.2, 0.25) is 0 Å². The van der Waals surface area contributed by atoms with Crippen molar-refractivity contribution in [3.05, 3.63) is 36.0 Å². The van der Waals surface area contributed by atoms with Crippen molar-refractivity contribution in [1.82, 2.24) is 10.3 Å². The molecule has 1 aromatic heterocycles. The number of fused-ring (bicyclic) bond motifs is 1. The van der Waals surface area contributed by atoms with Crippen LogP contribution in [-0.4, -0.2) is 28.8 Å². The van der Waals surface area contributed by atoms with Crippen molar-refractivity contribution < 1.29 is 5.11 Å². The van der Waals surface area contributed by atoms with E-state index >= 15 is 0 Å². The number of β-amino-alcohol motifs (C(OH)–C–C–N with tert-alkyl or cyclic N) is 1. The van der Waals surface area contributed by atoms with Gasteiger partial charge in [-0.3, -0.25) is 0 Å². The Bertz CT molecular complexity index is 485. The molecule has 3 N–H and O–H groups in total. The Morgan fingerprint density at radius 2 is 2.13 bits per heavy atom. The lowest BCUT2D eigenvalue weighted by atomic mass is 9.89. The number of nitrogens with one attached hydrogen (secondary N) is 2. The normalized spacial score (nSPS) is 19.0. The first kappa shape index (κ1) is 8.95. The molecule has 0 saturated carbocycles. The van der Waals surface area contributed by atoms with Gasteiger partial charge in [-0.05, 0) is 29.1 Å². The van der Waals surface area contributed by atoms with Crippen LogP contribution in [0.15, 0.2) is 30.5 Å². The van der Waals surface area contributed by atoms with E-state index in [2.05, 4.69) is 34.6 Å². The molecule has 1 aromatic carbocycles. The number of aliphatic hydroxyl groups is 1. The fourth-order valence-electron chi connectivity index (χ4n) is 2.13. The number of aromatic nitrogens is 1. The summed E-state index contributed by atoms with van der Waals surface area (Å²) in [4.78, 5) is 3.16. The average molecular weight is 202 g/mol. The molecule has 0 amide bonds. The zero-order valence-corrected chi connectivity index (χ0v) is 8.46. The highest BCUT2D eigenvalue weighted by molar-refractivity contribution is 5.79. The first-order valence-electron chi connectivity index (χ1n) is 5.24. The van der Waals surface area contributed by atoms with Crippen LogP contribution in [0, 0.1) is 0 Å². The van der Waals surface area contributed by atoms with Crippen LogP contribution >= 0.6 is 0 Å². The molecule has 0 radical (unpaired) electrons. The van der Waals surface area contributed by atoms with Gasteiger partial charge in [0.05, 0.1) is 5.60 Å². The van der Waals surface area contributed by atoms with Crippen molar-refractivity contribution in [2.75, 3.05) is 13.1 Å². The largest absolute Gasteiger partial charge is 0.387 e. The maximum absolute atomic E-state index is 10.0. The van der Waals surface area contributed by atoms with Gasteiger partial charge < -0.3 is 15.4 Å². The lowest BCUT2D eigenvalue weighted by Crippen LogP contribution is -2.60. The average Bonchev–Trinajstić information content (AvgIpc) is 2.62. The van der Waals surface area contributed by atoms with Crippen molar-refractivity contribution in [2.45, 2.75) is 12.0 Å². The van der Waals surface area contributed by atoms with Crippen LogP contribution in [0.3, 0.4) is 0 Å². The second kappa shape index (κ2) is 3.08. The summed E-state index contributed by atoms with van der Waals surface area (Å²) in [5.41, 5.74) is 1.83. The molecule has 1 saturated heterocycles. The molecule has 0 aliphatic carbocycles. The summed E-state index contributed by atoms with van der Waals surface area (Å²) in [7, 11) is 0. The number of H-pyrrole nitrogens is 1. The van der Waals surface area contributed by atoms with Gasteiger partial charge in [0, 0.05) is 31.2 Å². The van der Waals surface area contributed by atoms with Crippen molar-refractivity contribution in [1.29, 1.82) is 0 Å². The van der Waals surface area contributed by atoms with E-state index in [4.69, 9.17) is 0 Å². The molecule has 3 rings (SSSR count). The number of benzene rings is 1. The summed E-state index contributed by atoms with van der Waals surface area (Å²) in [6, 6.07) is 8.35. The Morgan fingerprint density at radius 3 is 2.87 bits per heavy atom. The summed E-state index contributed by atoms with van der Waals surface area (Å²) >= 11 is 0. The van der Waals surface area contributed by atoms with Gasteiger partial charge in [0.1, 0.15) is 0 Å². The Labute approximate surface area is 88.1 Å². The summed E-state index contributed by atoms with van der Waals surface area (Å²) in [6.45, 7) is 1.41. The number of aromatic amines is 1. The lowest BCUT2D eigenvalue weighted by molar-refractivity contribution is -0.00899. The Kier molecular flexibility index (Phi) is 1.84. The van der Waals surface area contributed by atoms with Crippen LogP contribution in [0.1, 0.15) is 5.56 Å². The molecule has 15 heavy (non-hydrogen) atoms. The molecule has 3 nitrogen and oxygen atoms in total. The minimum absolute atomic E-state index is 0.524. The maximum Gasteiger partial charge on any atom is 0.0935 e. The molecule has 0 unspecified atom stereocenters. The van der Waals surface area contributed by atoms with Crippen LogP contribution in [0.25, 0.3) is 10.9 Å². The van der Waals surface area contributed by atoms with Gasteiger partial charge in [-0.2, -0.15) is 0 Å². The molecule has 0 spiro atoms. The smallest absolute Gasteiger partial charge is 0.0935 e. The first-order chi connectivity index (χ1) is 7.25. The fraction of sp³-hybridized carbons (Fsp3) is 0.333. The highest BCUT2D eigenvalue weighted by Crippen LogP contribution is 2.21. The van der Waals surface area contributed by atoms with Crippen LogP contribution < -0.4 is 5.32 Å². The summed E-state index contributed by atoms with van der Waals surface area (Å²) < 4.78 is 0. The quantitative estimate of drug-likeness (QED) is 0.681. The molecular weight excluding hydrogens is 188 g/mol. The summed E-state index contributed by atoms with van der Waals surface area (Å²) in [5.74, 6) is 0. The van der Waals surface area contributed by atoms with E-state index in [0.717, 1.165) is 11.9 Å². The van der Waals surface area contributed by atoms with Gasteiger partial charge in [-0.25, -0.2) is 0 Å². The Hall–Kier alpha value is -1.32. The second-order valence-electron chi connectivity index (χ2n) is 4.40. The van der Waals surface area contributed by atoms with Crippen LogP contribution in [0.5, 0.6) is 0 Å². The molecule has 0 bridgehead atoms. The molecule has 1 aliphatic heterocycles. The van der Waals surface area contributed by atoms with E-state index in [0.29, 0.717) is 13.1 Å². The topological polar surface area (TPSA) is 48.0 Å². The third-order valence-corrected chi connectivity index (χ3v) is 3.06. The summed E-state index contributed by atoms with van der Waals surface area (Å²) in [5, 5.41) is 14.3. The first-order valence-corrected chi connectivity index (χ1v) is 5.24. The third kappa shape index (κ3) is 1.54. The van der Waals surface area contributed by atoms with Gasteiger partial charge >= 0.3 is 0 Å². The number of hydrogen-bond donors (Lipinski definition) is 3. The lowest BCUT2D eigenvalue weighted by Gasteiger charge is -2.37. The monoisotopic (exact) mass is 202 g/mol. The van der Waals surface area contributed by atoms with Crippen LogP contribution in [-0.2, 0) is 6.42 Å².